The van der Waals surface area contributed by atoms with Crippen LogP contribution in [0.1, 0.15) is 25.3 Å². The summed E-state index contributed by atoms with van der Waals surface area (Å²) >= 11 is 0. The Morgan fingerprint density at radius 3 is 2.81 bits per heavy atom. The molecule has 0 aliphatic heterocycles. The maximum absolute atomic E-state index is 11.7. The summed E-state index contributed by atoms with van der Waals surface area (Å²) in [4.78, 5) is 11.7. The van der Waals surface area contributed by atoms with E-state index in [0.717, 1.165) is 11.3 Å². The van der Waals surface area contributed by atoms with Crippen molar-refractivity contribution in [1.29, 1.82) is 0 Å². The molecule has 0 bridgehead atoms. The van der Waals surface area contributed by atoms with Crippen molar-refractivity contribution >= 4 is 5.91 Å². The van der Waals surface area contributed by atoms with Crippen LogP contribution in [0, 0.1) is 6.92 Å². The Kier molecular flexibility index (Phi) is 7.19. The van der Waals surface area contributed by atoms with Crippen LogP contribution < -0.4 is 10.1 Å². The number of rotatable bonds is 9. The molecule has 0 saturated carbocycles. The zero-order valence-corrected chi connectivity index (χ0v) is 13.0. The maximum Gasteiger partial charge on any atom is 0.223 e. The maximum atomic E-state index is 11.7. The van der Waals surface area contributed by atoms with Gasteiger partial charge in [0.2, 0.25) is 5.91 Å². The first-order chi connectivity index (χ1) is 9.93. The molecule has 118 valence electrons. The fourth-order valence-electron chi connectivity index (χ4n) is 1.75. The van der Waals surface area contributed by atoms with Crippen LogP contribution in [0.5, 0.6) is 5.75 Å². The van der Waals surface area contributed by atoms with Gasteiger partial charge in [-0.2, -0.15) is 0 Å². The lowest BCUT2D eigenvalue weighted by atomic mass is 10.0. The van der Waals surface area contributed by atoms with Gasteiger partial charge in [-0.3, -0.25) is 4.79 Å². The smallest absolute Gasteiger partial charge is 0.223 e. The molecule has 0 heterocycles. The summed E-state index contributed by atoms with van der Waals surface area (Å²) in [6.45, 7) is 4.64. The van der Waals surface area contributed by atoms with Crippen LogP contribution in [0.15, 0.2) is 24.3 Å². The zero-order chi connectivity index (χ0) is 15.7. The number of methoxy groups -OCH3 is 1. The highest BCUT2D eigenvalue weighted by atomic mass is 16.5. The molecule has 5 nitrogen and oxygen atoms in total. The molecule has 1 rings (SSSR count). The van der Waals surface area contributed by atoms with Crippen LogP contribution in [0.3, 0.4) is 0 Å². The van der Waals surface area contributed by atoms with Crippen molar-refractivity contribution < 1.29 is 19.4 Å². The minimum absolute atomic E-state index is 0.139. The van der Waals surface area contributed by atoms with Gasteiger partial charge in [0.15, 0.2) is 0 Å². The highest BCUT2D eigenvalue weighted by Crippen LogP contribution is 2.12. The van der Waals surface area contributed by atoms with Gasteiger partial charge in [-0.15, -0.1) is 0 Å². The molecule has 2 N–H and O–H groups in total. The van der Waals surface area contributed by atoms with Crippen LogP contribution >= 0.6 is 0 Å². The molecule has 1 atom stereocenters. The second-order valence-corrected chi connectivity index (χ2v) is 5.43. The lowest BCUT2D eigenvalue weighted by Gasteiger charge is -2.23. The molecule has 0 aromatic heterocycles. The summed E-state index contributed by atoms with van der Waals surface area (Å²) in [5, 5.41) is 12.7. The van der Waals surface area contributed by atoms with Gasteiger partial charge in [0.1, 0.15) is 5.75 Å². The highest BCUT2D eigenvalue weighted by molar-refractivity contribution is 5.76. The lowest BCUT2D eigenvalue weighted by Crippen LogP contribution is -2.41. The van der Waals surface area contributed by atoms with Gasteiger partial charge in [-0.05, 0) is 31.5 Å². The number of carbonyl (C=O) groups is 1. The Labute approximate surface area is 126 Å². The molecule has 0 fully saturated rings. The summed E-state index contributed by atoms with van der Waals surface area (Å²) in [6.07, 6.45) is 0.734. The third-order valence-corrected chi connectivity index (χ3v) is 3.10. The summed E-state index contributed by atoms with van der Waals surface area (Å²) in [5.41, 5.74) is 0.162. The van der Waals surface area contributed by atoms with E-state index in [1.165, 1.54) is 0 Å². The van der Waals surface area contributed by atoms with E-state index >= 15 is 0 Å². The summed E-state index contributed by atoms with van der Waals surface area (Å²) < 4.78 is 10.4. The fourth-order valence-corrected chi connectivity index (χ4v) is 1.75. The average Bonchev–Trinajstić information content (AvgIpc) is 2.43. The predicted octanol–water partition coefficient (Wildman–Crippen LogP) is 1.67. The van der Waals surface area contributed by atoms with E-state index in [9.17, 15) is 9.90 Å². The quantitative estimate of drug-likeness (QED) is 0.727. The average molecular weight is 295 g/mol. The topological polar surface area (TPSA) is 67.8 Å². The first-order valence-electron chi connectivity index (χ1n) is 7.10. The molecule has 1 aromatic carbocycles. The van der Waals surface area contributed by atoms with Crippen LogP contribution in [0.25, 0.3) is 0 Å². The van der Waals surface area contributed by atoms with E-state index in [2.05, 4.69) is 5.32 Å². The first kappa shape index (κ1) is 17.5. The van der Waals surface area contributed by atoms with Crippen molar-refractivity contribution in [2.24, 2.45) is 0 Å². The molecule has 0 aliphatic rings. The second-order valence-electron chi connectivity index (χ2n) is 5.43. The zero-order valence-electron chi connectivity index (χ0n) is 13.0. The molecule has 0 radical (unpaired) electrons. The van der Waals surface area contributed by atoms with E-state index < -0.39 is 5.60 Å². The molecule has 21 heavy (non-hydrogen) atoms. The van der Waals surface area contributed by atoms with E-state index in [4.69, 9.17) is 9.47 Å². The van der Waals surface area contributed by atoms with Gasteiger partial charge < -0.3 is 19.9 Å². The number of carbonyl (C=O) groups excluding carboxylic acids is 1. The van der Waals surface area contributed by atoms with E-state index in [1.54, 1.807) is 14.0 Å². The molecule has 1 aromatic rings. The van der Waals surface area contributed by atoms with Gasteiger partial charge in [0.25, 0.3) is 0 Å². The Bertz CT molecular complexity index is 446. The first-order valence-corrected chi connectivity index (χ1v) is 7.10. The van der Waals surface area contributed by atoms with Crippen LogP contribution in [0.2, 0.25) is 0 Å². The Hall–Kier alpha value is -1.59. The number of aliphatic hydroxyl groups is 1. The summed E-state index contributed by atoms with van der Waals surface area (Å²) in [7, 11) is 1.58. The second kappa shape index (κ2) is 8.64. The van der Waals surface area contributed by atoms with Crippen molar-refractivity contribution in [3.63, 3.8) is 0 Å². The van der Waals surface area contributed by atoms with Crippen LogP contribution in [-0.4, -0.2) is 43.5 Å². The SMILES string of the molecule is COCCC(C)(O)CNC(=O)CCOc1cccc(C)c1. The van der Waals surface area contributed by atoms with E-state index in [1.807, 2.05) is 31.2 Å². The number of amides is 1. The van der Waals surface area contributed by atoms with Crippen molar-refractivity contribution in [2.45, 2.75) is 32.3 Å². The molecule has 1 amide bonds. The fraction of sp³-hybridized carbons (Fsp3) is 0.562. The van der Waals surface area contributed by atoms with Gasteiger partial charge >= 0.3 is 0 Å². The summed E-state index contributed by atoms with van der Waals surface area (Å²) in [6, 6.07) is 7.69. The standard InChI is InChI=1S/C16H25NO4/c1-13-5-4-6-14(11-13)21-9-7-15(18)17-12-16(2,19)8-10-20-3/h4-6,11,19H,7-10,12H2,1-3H3,(H,17,18). The monoisotopic (exact) mass is 295 g/mol. The Morgan fingerprint density at radius 2 is 2.14 bits per heavy atom. The normalized spacial score (nSPS) is 13.5. The Balaban J connectivity index is 2.22. The largest absolute Gasteiger partial charge is 0.493 e. The number of ether oxygens (including phenoxy) is 2. The molecular formula is C16H25NO4. The van der Waals surface area contributed by atoms with Crippen LogP contribution in [-0.2, 0) is 9.53 Å². The van der Waals surface area contributed by atoms with Crippen molar-refractivity contribution in [2.75, 3.05) is 26.9 Å². The molecule has 0 saturated heterocycles. The van der Waals surface area contributed by atoms with Crippen LogP contribution in [0.4, 0.5) is 0 Å². The molecular weight excluding hydrogens is 270 g/mol. The van der Waals surface area contributed by atoms with Gasteiger partial charge in [-0.25, -0.2) is 0 Å². The third-order valence-electron chi connectivity index (χ3n) is 3.10. The molecule has 0 spiro atoms. The number of nitrogens with one attached hydrogen (secondary N) is 1. The number of benzene rings is 1. The van der Waals surface area contributed by atoms with Gasteiger partial charge in [0, 0.05) is 26.7 Å². The predicted molar refractivity (Wildman–Crippen MR) is 81.4 cm³/mol. The van der Waals surface area contributed by atoms with Gasteiger partial charge in [0.05, 0.1) is 18.6 Å². The number of hydrogen-bond donors (Lipinski definition) is 2. The molecule has 5 heteroatoms. The summed E-state index contributed by atoms with van der Waals surface area (Å²) in [5.74, 6) is 0.621. The molecule has 0 aliphatic carbocycles. The van der Waals surface area contributed by atoms with E-state index in [0.29, 0.717) is 19.6 Å². The van der Waals surface area contributed by atoms with Crippen molar-refractivity contribution in [1.82, 2.24) is 5.32 Å². The Morgan fingerprint density at radius 1 is 1.38 bits per heavy atom. The van der Waals surface area contributed by atoms with Crippen molar-refractivity contribution in [3.05, 3.63) is 29.8 Å². The van der Waals surface area contributed by atoms with E-state index in [-0.39, 0.29) is 18.9 Å². The number of hydrogen-bond acceptors (Lipinski definition) is 4. The lowest BCUT2D eigenvalue weighted by molar-refractivity contribution is -0.122. The molecule has 1 unspecified atom stereocenters. The van der Waals surface area contributed by atoms with Crippen molar-refractivity contribution in [3.8, 4) is 5.75 Å². The third kappa shape index (κ3) is 7.68. The minimum atomic E-state index is -0.955. The minimum Gasteiger partial charge on any atom is -0.493 e. The highest BCUT2D eigenvalue weighted by Gasteiger charge is 2.20. The number of aryl methyl sites for hydroxylation is 1. The van der Waals surface area contributed by atoms with Gasteiger partial charge in [-0.1, -0.05) is 12.1 Å².